The van der Waals surface area contributed by atoms with Crippen molar-refractivity contribution in [3.8, 4) is 0 Å². The Morgan fingerprint density at radius 3 is 2.42 bits per heavy atom. The van der Waals surface area contributed by atoms with E-state index in [9.17, 15) is 4.79 Å². The zero-order valence-electron chi connectivity index (χ0n) is 13.2. The first kappa shape index (κ1) is 18.0. The third kappa shape index (κ3) is 8.65. The third-order valence-electron chi connectivity index (χ3n) is 3.00. The zero-order valence-corrected chi connectivity index (χ0v) is 13.2. The summed E-state index contributed by atoms with van der Waals surface area (Å²) in [5, 5.41) is 2.71. The largest absolute Gasteiger partial charge is 0.371 e. The van der Waals surface area contributed by atoms with Crippen molar-refractivity contribution in [1.29, 1.82) is 0 Å². The summed E-state index contributed by atoms with van der Waals surface area (Å²) in [6.07, 6.45) is 2.73. The molecule has 19 heavy (non-hydrogen) atoms. The first-order valence-corrected chi connectivity index (χ1v) is 7.02. The number of carbonyl (C=O) groups excluding carboxylic acids is 1. The first-order valence-electron chi connectivity index (χ1n) is 7.02. The minimum absolute atomic E-state index is 0.160. The Hall–Kier alpha value is -1.03. The molecule has 4 nitrogen and oxygen atoms in total. The number of allylic oxidation sites excluding steroid dienone is 1. The van der Waals surface area contributed by atoms with Crippen LogP contribution in [0.1, 0.15) is 47.5 Å². The van der Waals surface area contributed by atoms with E-state index in [2.05, 4.69) is 37.6 Å². The summed E-state index contributed by atoms with van der Waals surface area (Å²) < 4.78 is 0. The lowest BCUT2D eigenvalue weighted by Gasteiger charge is -2.38. The number of hydrogen-bond acceptors (Lipinski definition) is 3. The van der Waals surface area contributed by atoms with Gasteiger partial charge in [0.2, 0.25) is 6.41 Å². The van der Waals surface area contributed by atoms with Crippen molar-refractivity contribution in [2.45, 2.75) is 59.5 Å². The van der Waals surface area contributed by atoms with Gasteiger partial charge in [0.15, 0.2) is 0 Å². The van der Waals surface area contributed by atoms with E-state index in [0.717, 1.165) is 31.5 Å². The van der Waals surface area contributed by atoms with Crippen LogP contribution in [0.4, 0.5) is 0 Å². The molecular formula is C15H31N3O. The van der Waals surface area contributed by atoms with Crippen molar-refractivity contribution >= 4 is 6.41 Å². The molecule has 0 spiro atoms. The standard InChI is InChI=1S/C15H31N3O/c1-12(2)18(8-7-17-11-19)14(9-13(3)16)10-15(4,5)6/h11,13-14H,1,7-10,16H2,2-6H3,(H,17,19). The van der Waals surface area contributed by atoms with Crippen LogP contribution in [0.3, 0.4) is 0 Å². The van der Waals surface area contributed by atoms with E-state index < -0.39 is 0 Å². The van der Waals surface area contributed by atoms with Gasteiger partial charge in [0.1, 0.15) is 0 Å². The van der Waals surface area contributed by atoms with E-state index >= 15 is 0 Å². The summed E-state index contributed by atoms with van der Waals surface area (Å²) >= 11 is 0. The summed E-state index contributed by atoms with van der Waals surface area (Å²) in [7, 11) is 0. The third-order valence-corrected chi connectivity index (χ3v) is 3.00. The molecule has 0 saturated heterocycles. The molecule has 0 radical (unpaired) electrons. The highest BCUT2D eigenvalue weighted by atomic mass is 16.1. The molecule has 0 aliphatic heterocycles. The average Bonchev–Trinajstić information content (AvgIpc) is 2.20. The molecular weight excluding hydrogens is 238 g/mol. The fourth-order valence-electron chi connectivity index (χ4n) is 2.39. The van der Waals surface area contributed by atoms with Gasteiger partial charge in [-0.1, -0.05) is 27.4 Å². The van der Waals surface area contributed by atoms with Crippen LogP contribution in [-0.4, -0.2) is 36.5 Å². The summed E-state index contributed by atoms with van der Waals surface area (Å²) in [5.41, 5.74) is 7.25. The Labute approximate surface area is 118 Å². The quantitative estimate of drug-likeness (QED) is 0.498. The maximum atomic E-state index is 10.4. The Morgan fingerprint density at radius 1 is 1.47 bits per heavy atom. The second-order valence-corrected chi connectivity index (χ2v) is 6.63. The molecule has 0 saturated carbocycles. The van der Waals surface area contributed by atoms with Gasteiger partial charge in [0, 0.05) is 30.9 Å². The van der Waals surface area contributed by atoms with Gasteiger partial charge >= 0.3 is 0 Å². The Bertz CT molecular complexity index is 282. The molecule has 0 aliphatic carbocycles. The average molecular weight is 269 g/mol. The maximum Gasteiger partial charge on any atom is 0.207 e. The summed E-state index contributed by atoms with van der Waals surface area (Å²) in [6.45, 7) is 16.2. The molecule has 2 atom stereocenters. The number of nitrogens with one attached hydrogen (secondary N) is 1. The van der Waals surface area contributed by atoms with Gasteiger partial charge < -0.3 is 16.0 Å². The van der Waals surface area contributed by atoms with Gasteiger partial charge in [-0.15, -0.1) is 0 Å². The molecule has 0 rings (SSSR count). The van der Waals surface area contributed by atoms with Crippen molar-refractivity contribution in [3.63, 3.8) is 0 Å². The second kappa shape index (κ2) is 8.20. The molecule has 0 aliphatic rings. The number of hydrogen-bond donors (Lipinski definition) is 2. The van der Waals surface area contributed by atoms with E-state index in [1.54, 1.807) is 0 Å². The Balaban J connectivity index is 4.80. The fourth-order valence-corrected chi connectivity index (χ4v) is 2.39. The van der Waals surface area contributed by atoms with Gasteiger partial charge in [-0.05, 0) is 32.1 Å². The summed E-state index contributed by atoms with van der Waals surface area (Å²) in [6, 6.07) is 0.527. The molecule has 0 heterocycles. The SMILES string of the molecule is C=C(C)N(CCNC=O)C(CC(C)N)CC(C)(C)C. The number of rotatable bonds is 9. The minimum Gasteiger partial charge on any atom is -0.371 e. The lowest BCUT2D eigenvalue weighted by Crippen LogP contribution is -2.42. The van der Waals surface area contributed by atoms with Crippen molar-refractivity contribution < 1.29 is 4.79 Å². The second-order valence-electron chi connectivity index (χ2n) is 6.63. The smallest absolute Gasteiger partial charge is 0.207 e. The highest BCUT2D eigenvalue weighted by molar-refractivity contribution is 5.45. The predicted molar refractivity (Wildman–Crippen MR) is 81.7 cm³/mol. The molecule has 3 N–H and O–H groups in total. The van der Waals surface area contributed by atoms with Crippen LogP contribution in [0.2, 0.25) is 0 Å². The molecule has 2 unspecified atom stereocenters. The van der Waals surface area contributed by atoms with Gasteiger partial charge in [0.25, 0.3) is 0 Å². The van der Waals surface area contributed by atoms with Crippen LogP contribution in [-0.2, 0) is 4.79 Å². The number of amides is 1. The molecule has 0 fully saturated rings. The molecule has 0 bridgehead atoms. The molecule has 0 aromatic rings. The van der Waals surface area contributed by atoms with Crippen molar-refractivity contribution in [1.82, 2.24) is 10.2 Å². The van der Waals surface area contributed by atoms with E-state index in [1.807, 2.05) is 13.8 Å². The normalized spacial score (nSPS) is 14.6. The minimum atomic E-state index is 0.160. The molecule has 1 amide bonds. The predicted octanol–water partition coefficient (Wildman–Crippen LogP) is 2.11. The first-order chi connectivity index (χ1) is 8.67. The Morgan fingerprint density at radius 2 is 2.05 bits per heavy atom. The lowest BCUT2D eigenvalue weighted by molar-refractivity contribution is -0.109. The van der Waals surface area contributed by atoms with Crippen LogP contribution in [0.15, 0.2) is 12.3 Å². The molecule has 0 aromatic heterocycles. The van der Waals surface area contributed by atoms with Crippen LogP contribution >= 0.6 is 0 Å². The Kier molecular flexibility index (Phi) is 7.76. The molecule has 112 valence electrons. The highest BCUT2D eigenvalue weighted by Gasteiger charge is 2.24. The van der Waals surface area contributed by atoms with Crippen LogP contribution < -0.4 is 11.1 Å². The van der Waals surface area contributed by atoms with Gasteiger partial charge in [-0.3, -0.25) is 4.79 Å². The van der Waals surface area contributed by atoms with Crippen LogP contribution in [0, 0.1) is 5.41 Å². The van der Waals surface area contributed by atoms with Gasteiger partial charge in [0.05, 0.1) is 0 Å². The van der Waals surface area contributed by atoms with Crippen LogP contribution in [0.5, 0.6) is 0 Å². The number of carbonyl (C=O) groups is 1. The summed E-state index contributed by atoms with van der Waals surface area (Å²) in [5.74, 6) is 0. The van der Waals surface area contributed by atoms with E-state index in [0.29, 0.717) is 12.6 Å². The van der Waals surface area contributed by atoms with E-state index in [4.69, 9.17) is 5.73 Å². The maximum absolute atomic E-state index is 10.4. The highest BCUT2D eigenvalue weighted by Crippen LogP contribution is 2.27. The molecule has 4 heteroatoms. The van der Waals surface area contributed by atoms with E-state index in [-0.39, 0.29) is 11.5 Å². The van der Waals surface area contributed by atoms with Gasteiger partial charge in [-0.2, -0.15) is 0 Å². The zero-order chi connectivity index (χ0) is 15.1. The fraction of sp³-hybridized carbons (Fsp3) is 0.800. The van der Waals surface area contributed by atoms with Gasteiger partial charge in [-0.25, -0.2) is 0 Å². The van der Waals surface area contributed by atoms with Crippen LogP contribution in [0.25, 0.3) is 0 Å². The topological polar surface area (TPSA) is 58.4 Å². The van der Waals surface area contributed by atoms with Crippen molar-refractivity contribution in [3.05, 3.63) is 12.3 Å². The van der Waals surface area contributed by atoms with E-state index in [1.165, 1.54) is 0 Å². The number of nitrogens with two attached hydrogens (primary N) is 1. The number of nitrogens with zero attached hydrogens (tertiary/aromatic N) is 1. The lowest BCUT2D eigenvalue weighted by atomic mass is 9.85. The van der Waals surface area contributed by atoms with Crippen molar-refractivity contribution in [2.24, 2.45) is 11.1 Å². The summed E-state index contributed by atoms with van der Waals surface area (Å²) in [4.78, 5) is 12.6. The monoisotopic (exact) mass is 269 g/mol. The van der Waals surface area contributed by atoms with Crippen molar-refractivity contribution in [2.75, 3.05) is 13.1 Å². The molecule has 0 aromatic carbocycles.